The number of H-pyrrole nitrogens is 2. The summed E-state index contributed by atoms with van der Waals surface area (Å²) >= 11 is 3.27. The van der Waals surface area contributed by atoms with Crippen molar-refractivity contribution in [3.63, 3.8) is 0 Å². The molecule has 2 aromatic carbocycles. The minimum atomic E-state index is -3.82. The molecule has 2 fully saturated rings. The van der Waals surface area contributed by atoms with Gasteiger partial charge in [0.05, 0.1) is 65.3 Å². The van der Waals surface area contributed by atoms with Gasteiger partial charge in [-0.25, -0.2) is 26.8 Å². The number of esters is 1. The van der Waals surface area contributed by atoms with E-state index >= 15 is 0 Å². The standard InChI is InChI=1S/C29H40N6O9S.C23H31N5O5S.C6H11BrO2.C6H11NO5/c1-4-10-23-26-27(33(3)32-23)29(37)31-28(30-26)22-17-21(13-14-24(22)42-5-2)45(40,41)34-18-20(19-34)11-9-15-43-25(36)12-7-6-8-16-44-35(38)39;1-4-7-18-20-21(27(3)26-18)23(30)25-22(24-20)17-12-16(9-10-19(17)33-5-2)34(31,32)28-13-15(14-28)8-6-11-29;7-5-3-1-2-4-6(8)9;8-6(9)4-2-1-3-5-12-7(10)11/h13-14,17,20H,4-12,15-16,18-19H2,1-3H3,(H,30,31,37);9-10,12,15,29H,4-8,11,13-14H2,1-3H3,(H,24,25,30);1-5H2,(H,8,9);1-5H2,(H,8,9). The van der Waals surface area contributed by atoms with Crippen molar-refractivity contribution in [2.24, 2.45) is 25.9 Å². The number of unbranched alkanes of at least 4 members (excludes halogenated alkanes) is 6. The van der Waals surface area contributed by atoms with Gasteiger partial charge in [0.25, 0.3) is 21.3 Å². The Labute approximate surface area is 587 Å². The van der Waals surface area contributed by atoms with E-state index in [2.05, 4.69) is 50.8 Å². The first kappa shape index (κ1) is 82.5. The number of carboxylic acid groups (broad SMARTS) is 2. The number of rotatable bonds is 40. The molecule has 0 radical (unpaired) electrons. The van der Waals surface area contributed by atoms with Crippen molar-refractivity contribution < 1.29 is 80.6 Å². The SMILES string of the molecule is CCCc1nn(C)c2c(=O)[nH]c(-c3cc(S(=O)(=O)N4CC(CCCO)C4)ccc3OCC)nc12.CCCc1nn(C)c2c(=O)[nH]c(-c3cc(S(=O)(=O)N4CC(CCCOC(=O)CCCCCO[N+](=O)[O-])C4)ccc3OCC)nc12.O=C(O)CCCCCBr.O=C(O)CCCCCO[N+](=O)[O-]. The van der Waals surface area contributed by atoms with Crippen LogP contribution in [0.25, 0.3) is 44.8 Å². The van der Waals surface area contributed by atoms with E-state index in [1.54, 1.807) is 26.2 Å². The number of nitrogens with one attached hydrogen (secondary N) is 2. The number of hydrogen-bond acceptors (Lipinski definition) is 23. The number of aromatic amines is 2. The number of aliphatic hydroxyl groups is 1. The molecule has 0 saturated carbocycles. The van der Waals surface area contributed by atoms with Crippen molar-refractivity contribution in [1.82, 2.24) is 48.1 Å². The number of aliphatic carboxylic acids is 2. The number of hydrogen-bond donors (Lipinski definition) is 5. The highest BCUT2D eigenvalue weighted by Crippen LogP contribution is 2.37. The average Bonchev–Trinajstić information content (AvgIpc) is 1.26. The molecule has 36 heteroatoms. The van der Waals surface area contributed by atoms with E-state index < -0.39 is 42.2 Å². The quantitative estimate of drug-likeness (QED) is 0.00793. The highest BCUT2D eigenvalue weighted by molar-refractivity contribution is 9.09. The van der Waals surface area contributed by atoms with Crippen LogP contribution in [0.2, 0.25) is 0 Å². The highest BCUT2D eigenvalue weighted by atomic mass is 79.9. The molecule has 6 heterocycles. The fourth-order valence-corrected chi connectivity index (χ4v) is 14.5. The van der Waals surface area contributed by atoms with E-state index in [-0.39, 0.29) is 89.6 Å². The summed E-state index contributed by atoms with van der Waals surface area (Å²) in [7, 11) is -4.13. The van der Waals surface area contributed by atoms with Gasteiger partial charge in [-0.1, -0.05) is 61.9 Å². The molecule has 0 atom stereocenters. The number of aryl methyl sites for hydroxylation is 4. The minimum Gasteiger partial charge on any atom is -0.493 e. The second-order valence-corrected chi connectivity index (χ2v) is 28.3. The highest BCUT2D eigenvalue weighted by Gasteiger charge is 2.38. The number of alkyl halides is 1. The summed E-state index contributed by atoms with van der Waals surface area (Å²) in [5.41, 5.74) is 3.19. The first-order valence-electron chi connectivity index (χ1n) is 33.5. The number of aliphatic hydroxyl groups excluding tert-OH is 1. The lowest BCUT2D eigenvalue weighted by molar-refractivity contribution is -0.757. The van der Waals surface area contributed by atoms with Gasteiger partial charge in [0.15, 0.2) is 11.0 Å². The zero-order valence-corrected chi connectivity index (χ0v) is 60.6. The number of nitrogens with zero attached hydrogens (tertiary/aromatic N) is 10. The van der Waals surface area contributed by atoms with Crippen LogP contribution in [0.15, 0.2) is 55.8 Å². The van der Waals surface area contributed by atoms with Gasteiger partial charge in [-0.3, -0.25) is 33.3 Å². The third-order valence-corrected chi connectivity index (χ3v) is 20.1. The molecule has 0 unspecified atom stereocenters. The van der Waals surface area contributed by atoms with Crippen molar-refractivity contribution in [2.75, 3.05) is 71.2 Å². The largest absolute Gasteiger partial charge is 0.493 e. The summed E-state index contributed by atoms with van der Waals surface area (Å²) in [6, 6.07) is 9.21. The van der Waals surface area contributed by atoms with Crippen LogP contribution in [0, 0.1) is 32.1 Å². The summed E-state index contributed by atoms with van der Waals surface area (Å²) < 4.78 is 76.2. The Kier molecular flexibility index (Phi) is 34.2. The molecule has 0 amide bonds. The zero-order valence-electron chi connectivity index (χ0n) is 57.4. The van der Waals surface area contributed by atoms with Gasteiger partial charge in [-0.15, -0.1) is 20.2 Å². The molecule has 2 saturated heterocycles. The molecule has 100 heavy (non-hydrogen) atoms. The number of sulfonamides is 2. The van der Waals surface area contributed by atoms with Crippen LogP contribution in [-0.2, 0) is 75.8 Å². The van der Waals surface area contributed by atoms with E-state index in [1.165, 1.54) is 42.2 Å². The summed E-state index contributed by atoms with van der Waals surface area (Å²) in [5, 5.41) is 53.4. The van der Waals surface area contributed by atoms with Crippen LogP contribution >= 0.6 is 15.9 Å². The van der Waals surface area contributed by atoms with Crippen LogP contribution < -0.4 is 20.6 Å². The molecule has 5 N–H and O–H groups in total. The van der Waals surface area contributed by atoms with Crippen LogP contribution in [0.4, 0.5) is 0 Å². The predicted octanol–water partition coefficient (Wildman–Crippen LogP) is 8.32. The topological polar surface area (TPSA) is 446 Å². The van der Waals surface area contributed by atoms with Crippen molar-refractivity contribution in [3.05, 3.63) is 88.7 Å². The number of carboxylic acids is 2. The maximum atomic E-state index is 13.5. The summed E-state index contributed by atoms with van der Waals surface area (Å²) in [6.45, 7) is 10.4. The number of aromatic nitrogens is 8. The summed E-state index contributed by atoms with van der Waals surface area (Å²) in [6.07, 6.45) is 12.7. The van der Waals surface area contributed by atoms with Crippen LogP contribution in [0.1, 0.15) is 155 Å². The smallest absolute Gasteiger partial charge is 0.305 e. The van der Waals surface area contributed by atoms with Crippen molar-refractivity contribution >= 4 is 76.0 Å². The van der Waals surface area contributed by atoms with Crippen LogP contribution in [-0.4, -0.2) is 179 Å². The Morgan fingerprint density at radius 3 is 1.39 bits per heavy atom. The molecule has 6 aromatic rings. The first-order chi connectivity index (χ1) is 47.7. The van der Waals surface area contributed by atoms with E-state index in [0.717, 1.165) is 49.5 Å². The van der Waals surface area contributed by atoms with E-state index in [0.29, 0.717) is 167 Å². The van der Waals surface area contributed by atoms with Crippen molar-refractivity contribution in [1.29, 1.82) is 0 Å². The molecular weight excluding hydrogens is 1420 g/mol. The Hall–Kier alpha value is -8.19. The first-order valence-corrected chi connectivity index (χ1v) is 37.5. The molecule has 0 aliphatic carbocycles. The predicted molar refractivity (Wildman–Crippen MR) is 371 cm³/mol. The lowest BCUT2D eigenvalue weighted by atomic mass is 9.98. The normalized spacial score (nSPS) is 13.4. The summed E-state index contributed by atoms with van der Waals surface area (Å²) in [5.74, 6) is -0.165. The molecular formula is C64H93BrN12O21S2. The van der Waals surface area contributed by atoms with Gasteiger partial charge >= 0.3 is 17.9 Å². The van der Waals surface area contributed by atoms with Crippen molar-refractivity contribution in [2.45, 2.75) is 166 Å². The molecule has 554 valence electrons. The number of fused-ring (bicyclic) bond motifs is 2. The number of ether oxygens (including phenoxy) is 3. The monoisotopic (exact) mass is 1510 g/mol. The van der Waals surface area contributed by atoms with Gasteiger partial charge in [-0.2, -0.15) is 18.8 Å². The van der Waals surface area contributed by atoms with Crippen molar-refractivity contribution in [3.8, 4) is 34.3 Å². The van der Waals surface area contributed by atoms with E-state index in [4.69, 9.17) is 34.5 Å². The third kappa shape index (κ3) is 24.9. The molecule has 4 aromatic heterocycles. The molecule has 0 spiro atoms. The summed E-state index contributed by atoms with van der Waals surface area (Å²) in [4.78, 5) is 101. The molecule has 2 aliphatic heterocycles. The second kappa shape index (κ2) is 41.5. The molecule has 2 aliphatic rings. The zero-order chi connectivity index (χ0) is 73.5. The van der Waals surface area contributed by atoms with Gasteiger partial charge < -0.3 is 49.2 Å². The molecule has 0 bridgehead atoms. The number of carbonyl (C=O) groups excluding carboxylic acids is 1. The average molecular weight is 1510 g/mol. The molecule has 33 nitrogen and oxygen atoms in total. The lowest BCUT2D eigenvalue weighted by Crippen LogP contribution is -2.49. The Morgan fingerprint density at radius 2 is 1.01 bits per heavy atom. The van der Waals surface area contributed by atoms with Gasteiger partial charge in [0, 0.05) is 71.5 Å². The Morgan fingerprint density at radius 1 is 0.600 bits per heavy atom. The number of benzene rings is 2. The minimum absolute atomic E-state index is 0.0102. The maximum Gasteiger partial charge on any atom is 0.305 e. The fraction of sp³-hybridized carbons (Fsp3) is 0.609. The Balaban J connectivity index is 0.000000285. The van der Waals surface area contributed by atoms with E-state index in [1.807, 2.05) is 27.7 Å². The second-order valence-electron chi connectivity index (χ2n) is 23.7. The molecule has 8 rings (SSSR count). The fourth-order valence-electron chi connectivity index (χ4n) is 10.9. The van der Waals surface area contributed by atoms with E-state index in [9.17, 15) is 61.0 Å². The van der Waals surface area contributed by atoms with Gasteiger partial charge in [0.1, 0.15) is 34.2 Å². The number of carbonyl (C=O) groups is 3. The van der Waals surface area contributed by atoms with Crippen LogP contribution in [0.5, 0.6) is 11.5 Å². The maximum absolute atomic E-state index is 13.5. The number of halogens is 1. The van der Waals surface area contributed by atoms with Gasteiger partial charge in [0.2, 0.25) is 20.0 Å². The Bertz CT molecular complexity index is 4000. The third-order valence-electron chi connectivity index (χ3n) is 15.9. The lowest BCUT2D eigenvalue weighted by Gasteiger charge is -2.38. The van der Waals surface area contributed by atoms with Gasteiger partial charge in [-0.05, 0) is 139 Å². The van der Waals surface area contributed by atoms with Crippen LogP contribution in [0.3, 0.4) is 0 Å².